The summed E-state index contributed by atoms with van der Waals surface area (Å²) in [5.74, 6) is 1.25. The van der Waals surface area contributed by atoms with Crippen LogP contribution in [0.1, 0.15) is 31.4 Å². The van der Waals surface area contributed by atoms with E-state index in [1.165, 1.54) is 12.8 Å². The van der Waals surface area contributed by atoms with Crippen LogP contribution < -0.4 is 15.4 Å². The smallest absolute Gasteiger partial charge is 0.321 e. The molecule has 1 saturated heterocycles. The predicted octanol–water partition coefficient (Wildman–Crippen LogP) is 3.16. The Kier molecular flexibility index (Phi) is 8.36. The molecule has 1 aromatic heterocycles. The number of hydrogen-bond donors (Lipinski definition) is 2. The molecule has 0 bridgehead atoms. The zero-order chi connectivity index (χ0) is 23.8. The lowest BCUT2D eigenvalue weighted by Gasteiger charge is -2.40. The maximum atomic E-state index is 13.3. The van der Waals surface area contributed by atoms with Crippen LogP contribution in [0.4, 0.5) is 10.5 Å². The molecular weight excluding hydrogens is 430 g/mol. The molecule has 1 unspecified atom stereocenters. The number of carbonyl (C=O) groups excluding carboxylic acids is 2. The molecule has 1 saturated carbocycles. The SMILES string of the molecule is COc1ccc(NC(=O)N2CCN(C(C(=O)NCCc3ccccn3)C3CCCC3)CC2)cc1. The van der Waals surface area contributed by atoms with Crippen LogP contribution in [0.3, 0.4) is 0 Å². The fourth-order valence-electron chi connectivity index (χ4n) is 5.00. The van der Waals surface area contributed by atoms with Gasteiger partial charge in [-0.15, -0.1) is 0 Å². The van der Waals surface area contributed by atoms with Gasteiger partial charge in [-0.1, -0.05) is 18.9 Å². The fraction of sp³-hybridized carbons (Fsp3) is 0.500. The number of piperazine rings is 1. The van der Waals surface area contributed by atoms with Crippen molar-refractivity contribution in [1.82, 2.24) is 20.1 Å². The van der Waals surface area contributed by atoms with Gasteiger partial charge in [0.05, 0.1) is 13.2 Å². The summed E-state index contributed by atoms with van der Waals surface area (Å²) in [5, 5.41) is 6.11. The fourth-order valence-corrected chi connectivity index (χ4v) is 5.00. The third-order valence-electron chi connectivity index (χ3n) is 6.86. The molecule has 8 nitrogen and oxygen atoms in total. The highest BCUT2D eigenvalue weighted by Gasteiger charge is 2.37. The van der Waals surface area contributed by atoms with E-state index in [1.807, 2.05) is 47.4 Å². The van der Waals surface area contributed by atoms with E-state index in [-0.39, 0.29) is 18.0 Å². The first-order chi connectivity index (χ1) is 16.6. The second-order valence-electron chi connectivity index (χ2n) is 9.03. The molecule has 2 heterocycles. The number of methoxy groups -OCH3 is 1. The van der Waals surface area contributed by atoms with Crippen LogP contribution in [0, 0.1) is 5.92 Å². The van der Waals surface area contributed by atoms with Gasteiger partial charge in [0, 0.05) is 56.7 Å². The quantitative estimate of drug-likeness (QED) is 0.625. The Morgan fingerprint density at radius 3 is 2.44 bits per heavy atom. The second-order valence-corrected chi connectivity index (χ2v) is 9.03. The van der Waals surface area contributed by atoms with Gasteiger partial charge >= 0.3 is 6.03 Å². The molecule has 1 aromatic carbocycles. The highest BCUT2D eigenvalue weighted by molar-refractivity contribution is 5.89. The number of anilines is 1. The molecule has 2 N–H and O–H groups in total. The molecule has 182 valence electrons. The molecule has 1 atom stereocenters. The van der Waals surface area contributed by atoms with E-state index in [0.29, 0.717) is 38.6 Å². The first-order valence-corrected chi connectivity index (χ1v) is 12.3. The number of carbonyl (C=O) groups is 2. The highest BCUT2D eigenvalue weighted by Crippen LogP contribution is 2.31. The van der Waals surface area contributed by atoms with Crippen LogP contribution in [-0.2, 0) is 11.2 Å². The first-order valence-electron chi connectivity index (χ1n) is 12.3. The zero-order valence-corrected chi connectivity index (χ0v) is 19.9. The van der Waals surface area contributed by atoms with Crippen LogP contribution in [0.15, 0.2) is 48.7 Å². The molecule has 0 spiro atoms. The van der Waals surface area contributed by atoms with Gasteiger partial charge in [0.1, 0.15) is 5.75 Å². The number of ether oxygens (including phenoxy) is 1. The van der Waals surface area contributed by atoms with Crippen molar-refractivity contribution in [3.8, 4) is 5.75 Å². The standard InChI is InChI=1S/C26H35N5O3/c1-34-23-11-9-22(10-12-23)29-26(33)31-18-16-30(17-19-31)24(20-6-2-3-7-20)25(32)28-15-13-21-8-4-5-14-27-21/h4-5,8-12,14,20,24H,2-3,6-7,13,15-19H2,1H3,(H,28,32)(H,29,33). The molecule has 2 aliphatic rings. The average Bonchev–Trinajstić information content (AvgIpc) is 3.40. The number of pyridine rings is 1. The number of urea groups is 1. The average molecular weight is 466 g/mol. The van der Waals surface area contributed by atoms with Crippen molar-refractivity contribution < 1.29 is 14.3 Å². The summed E-state index contributed by atoms with van der Waals surface area (Å²) in [6.45, 7) is 3.19. The molecule has 3 amide bonds. The maximum Gasteiger partial charge on any atom is 0.321 e. The monoisotopic (exact) mass is 465 g/mol. The number of amides is 3. The summed E-state index contributed by atoms with van der Waals surface area (Å²) in [6.07, 6.45) is 7.07. The van der Waals surface area contributed by atoms with Crippen molar-refractivity contribution in [3.63, 3.8) is 0 Å². The van der Waals surface area contributed by atoms with E-state index in [9.17, 15) is 9.59 Å². The minimum Gasteiger partial charge on any atom is -0.497 e. The maximum absolute atomic E-state index is 13.3. The third kappa shape index (κ3) is 6.26. The van der Waals surface area contributed by atoms with E-state index in [1.54, 1.807) is 13.3 Å². The number of benzene rings is 1. The molecule has 34 heavy (non-hydrogen) atoms. The van der Waals surface area contributed by atoms with Crippen molar-refractivity contribution in [1.29, 1.82) is 0 Å². The van der Waals surface area contributed by atoms with Gasteiger partial charge < -0.3 is 20.3 Å². The van der Waals surface area contributed by atoms with Crippen molar-refractivity contribution in [2.24, 2.45) is 5.92 Å². The van der Waals surface area contributed by atoms with E-state index in [0.717, 1.165) is 36.4 Å². The van der Waals surface area contributed by atoms with Crippen LogP contribution in [-0.4, -0.2) is 72.6 Å². The van der Waals surface area contributed by atoms with Crippen LogP contribution in [0.5, 0.6) is 5.75 Å². The summed E-state index contributed by atoms with van der Waals surface area (Å²) >= 11 is 0. The third-order valence-corrected chi connectivity index (χ3v) is 6.86. The van der Waals surface area contributed by atoms with E-state index >= 15 is 0 Å². The predicted molar refractivity (Wildman–Crippen MR) is 132 cm³/mol. The number of aromatic nitrogens is 1. The molecule has 1 aliphatic heterocycles. The Hall–Kier alpha value is -3.13. The summed E-state index contributed by atoms with van der Waals surface area (Å²) < 4.78 is 5.17. The van der Waals surface area contributed by atoms with Crippen LogP contribution in [0.2, 0.25) is 0 Å². The second kappa shape index (κ2) is 11.8. The zero-order valence-electron chi connectivity index (χ0n) is 19.9. The lowest BCUT2D eigenvalue weighted by molar-refractivity contribution is -0.129. The summed E-state index contributed by atoms with van der Waals surface area (Å²) in [5.41, 5.74) is 1.72. The minimum absolute atomic E-state index is 0.109. The number of nitrogens with one attached hydrogen (secondary N) is 2. The lowest BCUT2D eigenvalue weighted by atomic mass is 9.95. The molecule has 1 aliphatic carbocycles. The van der Waals surface area contributed by atoms with Crippen molar-refractivity contribution in [3.05, 3.63) is 54.4 Å². The van der Waals surface area contributed by atoms with Gasteiger partial charge in [0.2, 0.25) is 5.91 Å². The van der Waals surface area contributed by atoms with Crippen LogP contribution in [0.25, 0.3) is 0 Å². The largest absolute Gasteiger partial charge is 0.497 e. The van der Waals surface area contributed by atoms with Gasteiger partial charge in [-0.25, -0.2) is 4.79 Å². The molecule has 4 rings (SSSR count). The molecular formula is C26H35N5O3. The van der Waals surface area contributed by atoms with Crippen LogP contribution >= 0.6 is 0 Å². The normalized spacial score (nSPS) is 17.9. The van der Waals surface area contributed by atoms with Gasteiger partial charge in [0.25, 0.3) is 0 Å². The number of nitrogens with zero attached hydrogens (tertiary/aromatic N) is 3. The van der Waals surface area contributed by atoms with Crippen molar-refractivity contribution in [2.75, 3.05) is 45.2 Å². The van der Waals surface area contributed by atoms with Gasteiger partial charge in [-0.3, -0.25) is 14.7 Å². The Bertz CT molecular complexity index is 923. The number of rotatable bonds is 8. The van der Waals surface area contributed by atoms with E-state index in [2.05, 4.69) is 20.5 Å². The highest BCUT2D eigenvalue weighted by atomic mass is 16.5. The number of hydrogen-bond acceptors (Lipinski definition) is 5. The summed E-state index contributed by atoms with van der Waals surface area (Å²) in [6, 6.07) is 12.9. The van der Waals surface area contributed by atoms with Crippen molar-refractivity contribution in [2.45, 2.75) is 38.1 Å². The summed E-state index contributed by atoms with van der Waals surface area (Å²) in [7, 11) is 1.62. The lowest BCUT2D eigenvalue weighted by Crippen LogP contribution is -2.58. The summed E-state index contributed by atoms with van der Waals surface area (Å²) in [4.78, 5) is 34.4. The van der Waals surface area contributed by atoms with Gasteiger partial charge in [0.15, 0.2) is 0 Å². The van der Waals surface area contributed by atoms with Crippen molar-refractivity contribution >= 4 is 17.6 Å². The topological polar surface area (TPSA) is 86.8 Å². The van der Waals surface area contributed by atoms with E-state index in [4.69, 9.17) is 4.74 Å². The molecule has 0 radical (unpaired) electrons. The van der Waals surface area contributed by atoms with E-state index < -0.39 is 0 Å². The molecule has 2 fully saturated rings. The van der Waals surface area contributed by atoms with Gasteiger partial charge in [-0.2, -0.15) is 0 Å². The molecule has 8 heteroatoms. The Morgan fingerprint density at radius 1 is 1.06 bits per heavy atom. The Morgan fingerprint density at radius 2 is 1.79 bits per heavy atom. The minimum atomic E-state index is -0.127. The van der Waals surface area contributed by atoms with Gasteiger partial charge in [-0.05, 0) is 55.2 Å². The first kappa shape index (κ1) is 24.0. The Labute approximate surface area is 201 Å². The Balaban J connectivity index is 1.30. The molecule has 2 aromatic rings.